The Hall–Kier alpha value is -3.11. The van der Waals surface area contributed by atoms with Crippen molar-refractivity contribution in [3.63, 3.8) is 0 Å². The highest BCUT2D eigenvalue weighted by molar-refractivity contribution is 5.91. The van der Waals surface area contributed by atoms with E-state index in [1.165, 1.54) is 12.6 Å². The van der Waals surface area contributed by atoms with E-state index < -0.39 is 0 Å². The molecule has 3 aromatic heterocycles. The van der Waals surface area contributed by atoms with Gasteiger partial charge in [-0.25, -0.2) is 19.6 Å². The Morgan fingerprint density at radius 3 is 2.81 bits per heavy atom. The topological polar surface area (TPSA) is 105 Å². The number of aromatic nitrogens is 5. The van der Waals surface area contributed by atoms with E-state index in [1.807, 2.05) is 0 Å². The van der Waals surface area contributed by atoms with Gasteiger partial charge < -0.3 is 14.6 Å². The molecular formula is C17H20N8O2. The molecule has 4 rings (SSSR count). The quantitative estimate of drug-likeness (QED) is 0.694. The first-order valence-electron chi connectivity index (χ1n) is 8.66. The van der Waals surface area contributed by atoms with Gasteiger partial charge >= 0.3 is 0 Å². The molecule has 0 aliphatic carbocycles. The van der Waals surface area contributed by atoms with Crippen molar-refractivity contribution in [1.29, 1.82) is 0 Å². The van der Waals surface area contributed by atoms with Gasteiger partial charge in [0.1, 0.15) is 5.82 Å². The number of oxazole rings is 1. The maximum absolute atomic E-state index is 12.5. The van der Waals surface area contributed by atoms with Crippen molar-refractivity contribution in [3.05, 3.63) is 37.1 Å². The maximum Gasteiger partial charge on any atom is 0.239 e. The highest BCUT2D eigenvalue weighted by atomic mass is 16.3. The van der Waals surface area contributed by atoms with E-state index in [1.54, 1.807) is 29.2 Å². The fourth-order valence-corrected chi connectivity index (χ4v) is 2.85. The molecule has 10 heteroatoms. The van der Waals surface area contributed by atoms with Crippen molar-refractivity contribution < 1.29 is 9.21 Å². The first-order valence-corrected chi connectivity index (χ1v) is 8.66. The van der Waals surface area contributed by atoms with Crippen molar-refractivity contribution in [1.82, 2.24) is 34.5 Å². The van der Waals surface area contributed by atoms with Crippen LogP contribution in [-0.2, 0) is 4.79 Å². The highest BCUT2D eigenvalue weighted by Crippen LogP contribution is 2.19. The summed E-state index contributed by atoms with van der Waals surface area (Å²) in [5.74, 6) is 1.54. The van der Waals surface area contributed by atoms with Gasteiger partial charge in [0.05, 0.1) is 12.7 Å². The third-order valence-corrected chi connectivity index (χ3v) is 4.34. The van der Waals surface area contributed by atoms with Crippen LogP contribution in [-0.4, -0.2) is 80.2 Å². The van der Waals surface area contributed by atoms with Gasteiger partial charge in [0.2, 0.25) is 11.7 Å². The zero-order valence-electron chi connectivity index (χ0n) is 14.9. The van der Waals surface area contributed by atoms with Gasteiger partial charge in [-0.3, -0.25) is 9.69 Å². The van der Waals surface area contributed by atoms with Crippen molar-refractivity contribution in [2.45, 2.75) is 0 Å². The summed E-state index contributed by atoms with van der Waals surface area (Å²) in [4.78, 5) is 29.6. The molecule has 1 N–H and O–H groups in total. The van der Waals surface area contributed by atoms with E-state index in [-0.39, 0.29) is 5.91 Å². The lowest BCUT2D eigenvalue weighted by atomic mass is 10.3. The predicted molar refractivity (Wildman–Crippen MR) is 97.2 cm³/mol. The standard InChI is InChI=1S/C17H20N8O2/c1-23-5-7-24(8-6-23)11-16(26)20-14-9-15(25-4-2-3-19-25)22-17(21-14)13-10-18-12-27-13/h2-4,9-10,12H,5-8,11H2,1H3,(H,20,21,22,26). The normalized spacial score (nSPS) is 15.7. The molecule has 1 aliphatic heterocycles. The number of rotatable bonds is 5. The summed E-state index contributed by atoms with van der Waals surface area (Å²) < 4.78 is 6.89. The van der Waals surface area contributed by atoms with Gasteiger partial charge in [-0.1, -0.05) is 0 Å². The van der Waals surface area contributed by atoms with E-state index in [0.29, 0.717) is 29.8 Å². The number of piperazine rings is 1. The molecule has 140 valence electrons. The molecule has 0 spiro atoms. The van der Waals surface area contributed by atoms with Crippen LogP contribution >= 0.6 is 0 Å². The lowest BCUT2D eigenvalue weighted by molar-refractivity contribution is -0.117. The second-order valence-corrected chi connectivity index (χ2v) is 6.38. The Labute approximate surface area is 155 Å². The monoisotopic (exact) mass is 368 g/mol. The van der Waals surface area contributed by atoms with Crippen LogP contribution in [0.4, 0.5) is 5.82 Å². The first-order chi connectivity index (χ1) is 13.2. The zero-order valence-corrected chi connectivity index (χ0v) is 14.9. The fourth-order valence-electron chi connectivity index (χ4n) is 2.85. The van der Waals surface area contributed by atoms with Gasteiger partial charge in [-0.05, 0) is 13.1 Å². The lowest BCUT2D eigenvalue weighted by Crippen LogP contribution is -2.47. The summed E-state index contributed by atoms with van der Waals surface area (Å²) in [6.07, 6.45) is 6.26. The molecule has 0 unspecified atom stereocenters. The number of hydrogen-bond donors (Lipinski definition) is 1. The van der Waals surface area contributed by atoms with Crippen molar-refractivity contribution >= 4 is 11.7 Å². The molecule has 1 amide bonds. The summed E-state index contributed by atoms with van der Waals surface area (Å²) in [7, 11) is 2.08. The minimum atomic E-state index is -0.117. The molecule has 1 aliphatic rings. The number of carbonyl (C=O) groups excluding carboxylic acids is 1. The van der Waals surface area contributed by atoms with Gasteiger partial charge in [0.25, 0.3) is 0 Å². The van der Waals surface area contributed by atoms with Gasteiger partial charge in [0.15, 0.2) is 18.0 Å². The molecule has 0 atom stereocenters. The number of amides is 1. The Bertz CT molecular complexity index is 833. The Kier molecular flexibility index (Phi) is 4.90. The molecule has 4 heterocycles. The van der Waals surface area contributed by atoms with Crippen molar-refractivity contribution in [2.75, 3.05) is 45.1 Å². The lowest BCUT2D eigenvalue weighted by Gasteiger charge is -2.31. The minimum absolute atomic E-state index is 0.117. The fraction of sp³-hybridized carbons (Fsp3) is 0.353. The third kappa shape index (κ3) is 4.18. The van der Waals surface area contributed by atoms with E-state index in [2.05, 4.69) is 42.2 Å². The molecule has 1 fully saturated rings. The number of likely N-dealkylation sites (N-methyl/N-ethyl adjacent to an activating group) is 1. The maximum atomic E-state index is 12.5. The van der Waals surface area contributed by atoms with E-state index >= 15 is 0 Å². The van der Waals surface area contributed by atoms with Crippen LogP contribution in [0.3, 0.4) is 0 Å². The van der Waals surface area contributed by atoms with Gasteiger partial charge in [-0.15, -0.1) is 0 Å². The SMILES string of the molecule is CN1CCN(CC(=O)Nc2cc(-n3cccn3)nc(-c3cnco3)n2)CC1. The molecule has 0 radical (unpaired) electrons. The van der Waals surface area contributed by atoms with Crippen LogP contribution in [0.25, 0.3) is 17.4 Å². The van der Waals surface area contributed by atoms with Gasteiger partial charge in [0, 0.05) is 44.6 Å². The summed E-state index contributed by atoms with van der Waals surface area (Å²) in [5.41, 5.74) is 0. The van der Waals surface area contributed by atoms with Crippen molar-refractivity contribution in [2.24, 2.45) is 0 Å². The van der Waals surface area contributed by atoms with Crippen LogP contribution in [0, 0.1) is 0 Å². The number of anilines is 1. The Balaban J connectivity index is 1.53. The summed E-state index contributed by atoms with van der Waals surface area (Å²) >= 11 is 0. The minimum Gasteiger partial charge on any atom is -0.440 e. The largest absolute Gasteiger partial charge is 0.440 e. The summed E-state index contributed by atoms with van der Waals surface area (Å²) in [5, 5.41) is 7.04. The van der Waals surface area contributed by atoms with Crippen LogP contribution in [0.5, 0.6) is 0 Å². The first kappa shape index (κ1) is 17.3. The number of carbonyl (C=O) groups is 1. The Morgan fingerprint density at radius 2 is 2.11 bits per heavy atom. The molecule has 0 aromatic carbocycles. The van der Waals surface area contributed by atoms with E-state index in [4.69, 9.17) is 4.42 Å². The number of nitrogens with one attached hydrogen (secondary N) is 1. The van der Waals surface area contributed by atoms with Crippen molar-refractivity contribution in [3.8, 4) is 17.4 Å². The second-order valence-electron chi connectivity index (χ2n) is 6.38. The molecule has 0 saturated carbocycles. The molecule has 1 saturated heterocycles. The smallest absolute Gasteiger partial charge is 0.239 e. The second kappa shape index (κ2) is 7.64. The average molecular weight is 368 g/mol. The summed E-state index contributed by atoms with van der Waals surface area (Å²) in [6, 6.07) is 3.47. The molecule has 0 bridgehead atoms. The highest BCUT2D eigenvalue weighted by Gasteiger charge is 2.18. The molecular weight excluding hydrogens is 348 g/mol. The van der Waals surface area contributed by atoms with Crippen LogP contribution in [0.2, 0.25) is 0 Å². The Morgan fingerprint density at radius 1 is 1.26 bits per heavy atom. The van der Waals surface area contributed by atoms with E-state index in [9.17, 15) is 4.79 Å². The molecule has 3 aromatic rings. The summed E-state index contributed by atoms with van der Waals surface area (Å²) in [6.45, 7) is 3.98. The average Bonchev–Trinajstić information content (AvgIpc) is 3.37. The van der Waals surface area contributed by atoms with E-state index in [0.717, 1.165) is 26.2 Å². The number of nitrogens with zero attached hydrogens (tertiary/aromatic N) is 7. The van der Waals surface area contributed by atoms with Crippen LogP contribution in [0.1, 0.15) is 0 Å². The predicted octanol–water partition coefficient (Wildman–Crippen LogP) is 0.503. The molecule has 27 heavy (non-hydrogen) atoms. The van der Waals surface area contributed by atoms with Gasteiger partial charge in [-0.2, -0.15) is 5.10 Å². The molecule has 10 nitrogen and oxygen atoms in total. The van der Waals surface area contributed by atoms with Crippen LogP contribution < -0.4 is 5.32 Å². The zero-order chi connectivity index (χ0) is 18.6. The number of hydrogen-bond acceptors (Lipinski definition) is 8. The third-order valence-electron chi connectivity index (χ3n) is 4.34. The van der Waals surface area contributed by atoms with Crippen LogP contribution in [0.15, 0.2) is 41.5 Å².